The molecule has 0 bridgehead atoms. The van der Waals surface area contributed by atoms with E-state index in [0.29, 0.717) is 12.3 Å². The van der Waals surface area contributed by atoms with Crippen LogP contribution in [0, 0.1) is 5.41 Å². The van der Waals surface area contributed by atoms with Crippen molar-refractivity contribution in [2.75, 3.05) is 19.9 Å². The van der Waals surface area contributed by atoms with Crippen molar-refractivity contribution in [3.63, 3.8) is 0 Å². The van der Waals surface area contributed by atoms with E-state index in [1.807, 2.05) is 18.2 Å². The van der Waals surface area contributed by atoms with Gasteiger partial charge in [0.2, 0.25) is 6.79 Å². The molecular formula is C15H23NO3. The summed E-state index contributed by atoms with van der Waals surface area (Å²) in [6.45, 7) is 8.31. The van der Waals surface area contributed by atoms with Gasteiger partial charge in [-0.15, -0.1) is 0 Å². The van der Waals surface area contributed by atoms with Gasteiger partial charge in [-0.2, -0.15) is 0 Å². The minimum atomic E-state index is -0.526. The number of rotatable bonds is 6. The Bertz CT molecular complexity index is 431. The highest BCUT2D eigenvalue weighted by atomic mass is 16.7. The first-order valence-electron chi connectivity index (χ1n) is 6.80. The lowest BCUT2D eigenvalue weighted by Crippen LogP contribution is -2.31. The van der Waals surface area contributed by atoms with Gasteiger partial charge >= 0.3 is 0 Å². The number of fused-ring (bicyclic) bond motifs is 1. The lowest BCUT2D eigenvalue weighted by molar-refractivity contribution is 0.166. The van der Waals surface area contributed by atoms with Gasteiger partial charge in [0.1, 0.15) is 0 Å². The van der Waals surface area contributed by atoms with Gasteiger partial charge in [-0.1, -0.05) is 26.8 Å². The van der Waals surface area contributed by atoms with Crippen molar-refractivity contribution < 1.29 is 14.6 Å². The molecule has 4 nitrogen and oxygen atoms in total. The molecule has 0 saturated heterocycles. The second-order valence-electron chi connectivity index (χ2n) is 5.78. The van der Waals surface area contributed by atoms with Crippen LogP contribution in [0.3, 0.4) is 0 Å². The molecule has 1 aliphatic heterocycles. The lowest BCUT2D eigenvalue weighted by atomic mass is 9.90. The van der Waals surface area contributed by atoms with Crippen LogP contribution in [-0.4, -0.2) is 25.0 Å². The Labute approximate surface area is 114 Å². The van der Waals surface area contributed by atoms with Crippen LogP contribution in [0.15, 0.2) is 18.2 Å². The Kier molecular flexibility index (Phi) is 4.32. The van der Waals surface area contributed by atoms with E-state index in [0.717, 1.165) is 24.3 Å². The third kappa shape index (κ3) is 3.61. The van der Waals surface area contributed by atoms with E-state index in [2.05, 4.69) is 26.1 Å². The summed E-state index contributed by atoms with van der Waals surface area (Å²) in [5.74, 6) is 1.46. The standard InChI is InChI=1S/C15H23NO3/c1-4-15(2,3)9-16-8-12(17)11-5-6-13-14(7-11)19-10-18-13/h5-7,12,16-17H,4,8-10H2,1-3H3. The Balaban J connectivity index is 1.88. The summed E-state index contributed by atoms with van der Waals surface area (Å²) >= 11 is 0. The molecule has 0 radical (unpaired) electrons. The summed E-state index contributed by atoms with van der Waals surface area (Å²) in [5, 5.41) is 13.5. The second-order valence-corrected chi connectivity index (χ2v) is 5.78. The summed E-state index contributed by atoms with van der Waals surface area (Å²) in [6.07, 6.45) is 0.585. The molecule has 0 spiro atoms. The van der Waals surface area contributed by atoms with Crippen LogP contribution in [0.2, 0.25) is 0 Å². The molecule has 1 aromatic carbocycles. The third-order valence-corrected chi connectivity index (χ3v) is 3.68. The molecule has 0 aromatic heterocycles. The average molecular weight is 265 g/mol. The van der Waals surface area contributed by atoms with Crippen LogP contribution in [-0.2, 0) is 0 Å². The molecule has 1 aromatic rings. The molecule has 0 aliphatic carbocycles. The fourth-order valence-electron chi connectivity index (χ4n) is 1.91. The van der Waals surface area contributed by atoms with Gasteiger partial charge in [0.15, 0.2) is 11.5 Å². The minimum absolute atomic E-state index is 0.259. The molecule has 0 fully saturated rings. The van der Waals surface area contributed by atoms with E-state index >= 15 is 0 Å². The van der Waals surface area contributed by atoms with Gasteiger partial charge in [-0.05, 0) is 29.5 Å². The predicted molar refractivity (Wildman–Crippen MR) is 74.5 cm³/mol. The van der Waals surface area contributed by atoms with Gasteiger partial charge in [-0.25, -0.2) is 0 Å². The Morgan fingerprint density at radius 3 is 2.79 bits per heavy atom. The quantitative estimate of drug-likeness (QED) is 0.829. The van der Waals surface area contributed by atoms with Crippen molar-refractivity contribution >= 4 is 0 Å². The summed E-state index contributed by atoms with van der Waals surface area (Å²) < 4.78 is 10.6. The second kappa shape index (κ2) is 5.80. The van der Waals surface area contributed by atoms with E-state index in [-0.39, 0.29) is 12.2 Å². The molecule has 4 heteroatoms. The first-order chi connectivity index (χ1) is 9.02. The molecule has 0 saturated carbocycles. The van der Waals surface area contributed by atoms with Gasteiger partial charge < -0.3 is 19.9 Å². The van der Waals surface area contributed by atoms with E-state index in [9.17, 15) is 5.11 Å². The van der Waals surface area contributed by atoms with Crippen LogP contribution in [0.5, 0.6) is 11.5 Å². The van der Waals surface area contributed by atoms with Crippen molar-refractivity contribution in [3.05, 3.63) is 23.8 Å². The average Bonchev–Trinajstić information content (AvgIpc) is 2.85. The van der Waals surface area contributed by atoms with Crippen molar-refractivity contribution in [3.8, 4) is 11.5 Å². The molecule has 19 heavy (non-hydrogen) atoms. The fourth-order valence-corrected chi connectivity index (χ4v) is 1.91. The van der Waals surface area contributed by atoms with Crippen molar-refractivity contribution in [1.29, 1.82) is 0 Å². The van der Waals surface area contributed by atoms with Crippen molar-refractivity contribution in [2.45, 2.75) is 33.3 Å². The zero-order valence-corrected chi connectivity index (χ0v) is 11.9. The van der Waals surface area contributed by atoms with Gasteiger partial charge in [-0.3, -0.25) is 0 Å². The molecule has 1 aliphatic rings. The number of nitrogens with one attached hydrogen (secondary N) is 1. The molecule has 1 atom stereocenters. The number of aliphatic hydroxyl groups excluding tert-OH is 1. The maximum absolute atomic E-state index is 10.2. The smallest absolute Gasteiger partial charge is 0.231 e. The number of hydrogen-bond acceptors (Lipinski definition) is 4. The van der Waals surface area contributed by atoms with Crippen LogP contribution < -0.4 is 14.8 Å². The Hall–Kier alpha value is -1.26. The summed E-state index contributed by atoms with van der Waals surface area (Å²) in [4.78, 5) is 0. The number of aliphatic hydroxyl groups is 1. The largest absolute Gasteiger partial charge is 0.454 e. The maximum Gasteiger partial charge on any atom is 0.231 e. The van der Waals surface area contributed by atoms with Gasteiger partial charge in [0.05, 0.1) is 6.10 Å². The first kappa shape index (κ1) is 14.2. The van der Waals surface area contributed by atoms with Crippen molar-refractivity contribution in [2.24, 2.45) is 5.41 Å². The number of ether oxygens (including phenoxy) is 2. The molecule has 106 valence electrons. The van der Waals surface area contributed by atoms with E-state index in [1.165, 1.54) is 0 Å². The highest BCUT2D eigenvalue weighted by Crippen LogP contribution is 2.34. The highest BCUT2D eigenvalue weighted by molar-refractivity contribution is 5.45. The molecule has 2 N–H and O–H groups in total. The number of hydrogen-bond donors (Lipinski definition) is 2. The van der Waals surface area contributed by atoms with Crippen LogP contribution in [0.25, 0.3) is 0 Å². The van der Waals surface area contributed by atoms with E-state index in [1.54, 1.807) is 0 Å². The van der Waals surface area contributed by atoms with Gasteiger partial charge in [0, 0.05) is 13.1 Å². The lowest BCUT2D eigenvalue weighted by Gasteiger charge is -2.24. The highest BCUT2D eigenvalue weighted by Gasteiger charge is 2.18. The molecular weight excluding hydrogens is 242 g/mol. The molecule has 0 amide bonds. The van der Waals surface area contributed by atoms with E-state index in [4.69, 9.17) is 9.47 Å². The Morgan fingerprint density at radius 2 is 2.05 bits per heavy atom. The maximum atomic E-state index is 10.2. The molecule has 2 rings (SSSR count). The fraction of sp³-hybridized carbons (Fsp3) is 0.600. The van der Waals surface area contributed by atoms with Crippen LogP contribution in [0.1, 0.15) is 38.9 Å². The van der Waals surface area contributed by atoms with E-state index < -0.39 is 6.10 Å². The number of benzene rings is 1. The normalized spacial score (nSPS) is 15.6. The monoisotopic (exact) mass is 265 g/mol. The van der Waals surface area contributed by atoms with Crippen LogP contribution in [0.4, 0.5) is 0 Å². The van der Waals surface area contributed by atoms with Gasteiger partial charge in [0.25, 0.3) is 0 Å². The van der Waals surface area contributed by atoms with Crippen molar-refractivity contribution in [1.82, 2.24) is 5.32 Å². The molecule has 1 unspecified atom stereocenters. The molecule has 1 heterocycles. The predicted octanol–water partition coefficient (Wildman–Crippen LogP) is 2.47. The Morgan fingerprint density at radius 1 is 1.32 bits per heavy atom. The first-order valence-corrected chi connectivity index (χ1v) is 6.80. The zero-order chi connectivity index (χ0) is 13.9. The summed E-state index contributed by atoms with van der Waals surface area (Å²) in [7, 11) is 0. The summed E-state index contributed by atoms with van der Waals surface area (Å²) in [5.41, 5.74) is 1.11. The van der Waals surface area contributed by atoms with Crippen LogP contribution >= 0.6 is 0 Å². The minimum Gasteiger partial charge on any atom is -0.454 e. The summed E-state index contributed by atoms with van der Waals surface area (Å²) in [6, 6.07) is 5.57. The SMILES string of the molecule is CCC(C)(C)CNCC(O)c1ccc2c(c1)OCO2. The zero-order valence-electron chi connectivity index (χ0n) is 11.9. The topological polar surface area (TPSA) is 50.7 Å². The third-order valence-electron chi connectivity index (χ3n) is 3.68.